The first-order valence-electron chi connectivity index (χ1n) is 28.9. The third-order valence-corrected chi connectivity index (χ3v) is 14.1. The predicted octanol–water partition coefficient (Wildman–Crippen LogP) is 14.0. The maximum absolute atomic E-state index is 13.0. The van der Waals surface area contributed by atoms with Crippen molar-refractivity contribution in [2.75, 3.05) is 13.2 Å². The van der Waals surface area contributed by atoms with Crippen LogP contribution in [0.4, 0.5) is 0 Å². The van der Waals surface area contributed by atoms with Crippen molar-refractivity contribution in [2.45, 2.75) is 333 Å². The first kappa shape index (κ1) is 62.9. The van der Waals surface area contributed by atoms with Crippen molar-refractivity contribution in [3.05, 3.63) is 12.2 Å². The second-order valence-corrected chi connectivity index (χ2v) is 20.4. The van der Waals surface area contributed by atoms with Crippen molar-refractivity contribution in [1.29, 1.82) is 0 Å². The van der Waals surface area contributed by atoms with E-state index >= 15 is 0 Å². The van der Waals surface area contributed by atoms with Crippen LogP contribution >= 0.6 is 0 Å². The molecule has 0 aliphatic carbocycles. The molecule has 1 aliphatic heterocycles. The Morgan fingerprint density at radius 1 is 0.500 bits per heavy atom. The first-order chi connectivity index (χ1) is 32.3. The van der Waals surface area contributed by atoms with Gasteiger partial charge in [0.05, 0.1) is 25.4 Å². The third kappa shape index (κ3) is 36.9. The van der Waals surface area contributed by atoms with E-state index in [4.69, 9.17) is 9.47 Å². The van der Waals surface area contributed by atoms with Gasteiger partial charge in [-0.05, 0) is 38.5 Å². The number of carbonyl (C=O) groups is 1. The maximum atomic E-state index is 13.0. The van der Waals surface area contributed by atoms with Crippen LogP contribution in [0.3, 0.4) is 0 Å². The fourth-order valence-corrected chi connectivity index (χ4v) is 9.51. The van der Waals surface area contributed by atoms with Gasteiger partial charge < -0.3 is 40.3 Å². The lowest BCUT2D eigenvalue weighted by Crippen LogP contribution is -2.60. The number of carbonyl (C=O) groups excluding carboxylic acids is 1. The van der Waals surface area contributed by atoms with Gasteiger partial charge in [0.15, 0.2) is 6.29 Å². The topological polar surface area (TPSA) is 149 Å². The minimum atomic E-state index is -1.55. The summed E-state index contributed by atoms with van der Waals surface area (Å²) < 4.78 is 11.3. The normalized spacial score (nSPS) is 19.8. The highest BCUT2D eigenvalue weighted by atomic mass is 16.7. The second kappa shape index (κ2) is 47.6. The van der Waals surface area contributed by atoms with Crippen LogP contribution in [-0.2, 0) is 14.3 Å². The summed E-state index contributed by atoms with van der Waals surface area (Å²) in [6.45, 7) is 3.86. The highest BCUT2D eigenvalue weighted by molar-refractivity contribution is 5.76. The Kier molecular flexibility index (Phi) is 45.4. The van der Waals surface area contributed by atoms with Gasteiger partial charge in [-0.3, -0.25) is 4.79 Å². The molecule has 9 nitrogen and oxygen atoms in total. The van der Waals surface area contributed by atoms with Crippen LogP contribution in [0.1, 0.15) is 290 Å². The molecule has 0 radical (unpaired) electrons. The van der Waals surface area contributed by atoms with E-state index in [2.05, 4.69) is 31.3 Å². The Morgan fingerprint density at radius 2 is 0.848 bits per heavy atom. The first-order valence-corrected chi connectivity index (χ1v) is 28.9. The van der Waals surface area contributed by atoms with Crippen LogP contribution in [0.5, 0.6) is 0 Å². The molecule has 1 fully saturated rings. The van der Waals surface area contributed by atoms with Crippen LogP contribution < -0.4 is 5.32 Å². The highest BCUT2D eigenvalue weighted by Crippen LogP contribution is 2.23. The van der Waals surface area contributed by atoms with Gasteiger partial charge >= 0.3 is 0 Å². The number of unbranched alkanes of at least 4 members (excludes halogenated alkanes) is 38. The molecule has 0 aromatic carbocycles. The number of aliphatic hydroxyl groups excluding tert-OH is 5. The monoisotopic (exact) mass is 938 g/mol. The average Bonchev–Trinajstić information content (AvgIpc) is 3.32. The summed E-state index contributed by atoms with van der Waals surface area (Å²) in [4.78, 5) is 13.0. The molecule has 66 heavy (non-hydrogen) atoms. The zero-order valence-electron chi connectivity index (χ0n) is 43.5. The Bertz CT molecular complexity index is 1040. The van der Waals surface area contributed by atoms with Crippen LogP contribution in [0.2, 0.25) is 0 Å². The summed E-state index contributed by atoms with van der Waals surface area (Å²) in [6.07, 6.45) is 51.2. The SMILES string of the molecule is CCCCCCCCCCCCCC/C=C\CCCCCCCCCCCCCCCCCC(=O)NC(COC1OC(CO)C(O)C(O)C1O)C(O)CCCCCCCCCCCCCC. The fraction of sp³-hybridized carbons (Fsp3) is 0.947. The van der Waals surface area contributed by atoms with E-state index in [9.17, 15) is 30.3 Å². The van der Waals surface area contributed by atoms with Gasteiger partial charge in [0.2, 0.25) is 5.91 Å². The molecule has 392 valence electrons. The number of hydrogen-bond donors (Lipinski definition) is 6. The number of ether oxygens (including phenoxy) is 2. The predicted molar refractivity (Wildman–Crippen MR) is 277 cm³/mol. The molecular weight excluding hydrogens is 827 g/mol. The molecule has 6 N–H and O–H groups in total. The van der Waals surface area contributed by atoms with Crippen LogP contribution in [0, 0.1) is 0 Å². The smallest absolute Gasteiger partial charge is 0.220 e. The minimum Gasteiger partial charge on any atom is -0.394 e. The van der Waals surface area contributed by atoms with E-state index < -0.39 is 49.5 Å². The molecule has 1 saturated heterocycles. The largest absolute Gasteiger partial charge is 0.394 e. The molecule has 1 rings (SSSR count). The number of amides is 1. The zero-order chi connectivity index (χ0) is 48.0. The number of hydrogen-bond acceptors (Lipinski definition) is 8. The number of nitrogens with one attached hydrogen (secondary N) is 1. The number of rotatable bonds is 50. The van der Waals surface area contributed by atoms with Gasteiger partial charge in [0, 0.05) is 6.42 Å². The van der Waals surface area contributed by atoms with Crippen molar-refractivity contribution in [2.24, 2.45) is 0 Å². The lowest BCUT2D eigenvalue weighted by atomic mass is 9.99. The van der Waals surface area contributed by atoms with Crippen molar-refractivity contribution in [3.63, 3.8) is 0 Å². The Hall–Kier alpha value is -1.07. The third-order valence-electron chi connectivity index (χ3n) is 14.1. The van der Waals surface area contributed by atoms with Gasteiger partial charge in [0.25, 0.3) is 0 Å². The van der Waals surface area contributed by atoms with Gasteiger partial charge in [-0.1, -0.05) is 257 Å². The van der Waals surface area contributed by atoms with E-state index in [1.165, 1.54) is 225 Å². The summed E-state index contributed by atoms with van der Waals surface area (Å²) in [7, 11) is 0. The average molecular weight is 939 g/mol. The molecule has 9 heteroatoms. The van der Waals surface area contributed by atoms with Gasteiger partial charge in [-0.25, -0.2) is 0 Å². The van der Waals surface area contributed by atoms with E-state index in [1.807, 2.05) is 0 Å². The lowest BCUT2D eigenvalue weighted by Gasteiger charge is -2.40. The van der Waals surface area contributed by atoms with Crippen LogP contribution in [0.25, 0.3) is 0 Å². The lowest BCUT2D eigenvalue weighted by molar-refractivity contribution is -0.302. The molecule has 1 aliphatic rings. The summed E-state index contributed by atoms with van der Waals surface area (Å²) >= 11 is 0. The molecule has 7 atom stereocenters. The van der Waals surface area contributed by atoms with E-state index in [-0.39, 0.29) is 12.5 Å². The molecule has 0 bridgehead atoms. The van der Waals surface area contributed by atoms with E-state index in [0.717, 1.165) is 38.5 Å². The Morgan fingerprint density at radius 3 is 1.23 bits per heavy atom. The minimum absolute atomic E-state index is 0.133. The summed E-state index contributed by atoms with van der Waals surface area (Å²) in [5, 5.41) is 54.5. The quantitative estimate of drug-likeness (QED) is 0.0261. The van der Waals surface area contributed by atoms with Crippen molar-refractivity contribution < 1.29 is 39.8 Å². The van der Waals surface area contributed by atoms with Crippen molar-refractivity contribution >= 4 is 5.91 Å². The summed E-state index contributed by atoms with van der Waals surface area (Å²) in [6, 6.07) is -0.714. The maximum Gasteiger partial charge on any atom is 0.220 e. The van der Waals surface area contributed by atoms with Crippen molar-refractivity contribution in [3.8, 4) is 0 Å². The molecule has 0 spiro atoms. The molecular formula is C57H111NO8. The molecule has 0 saturated carbocycles. The molecule has 7 unspecified atom stereocenters. The van der Waals surface area contributed by atoms with Crippen LogP contribution in [0.15, 0.2) is 12.2 Å². The highest BCUT2D eigenvalue weighted by Gasteiger charge is 2.44. The van der Waals surface area contributed by atoms with Crippen LogP contribution in [-0.4, -0.2) is 87.5 Å². The fourth-order valence-electron chi connectivity index (χ4n) is 9.51. The molecule has 0 aromatic rings. The second-order valence-electron chi connectivity index (χ2n) is 20.4. The summed E-state index contributed by atoms with van der Waals surface area (Å²) in [5.41, 5.74) is 0. The van der Waals surface area contributed by atoms with Gasteiger partial charge in [0.1, 0.15) is 24.4 Å². The Labute approximate surface area is 407 Å². The molecule has 0 aromatic heterocycles. The summed E-state index contributed by atoms with van der Waals surface area (Å²) in [5.74, 6) is -0.140. The van der Waals surface area contributed by atoms with Crippen molar-refractivity contribution in [1.82, 2.24) is 5.32 Å². The molecule has 1 amide bonds. The Balaban J connectivity index is 2.10. The zero-order valence-corrected chi connectivity index (χ0v) is 43.5. The number of aliphatic hydroxyl groups is 5. The van der Waals surface area contributed by atoms with E-state index in [0.29, 0.717) is 12.8 Å². The van der Waals surface area contributed by atoms with Gasteiger partial charge in [-0.15, -0.1) is 0 Å². The number of allylic oxidation sites excluding steroid dienone is 2. The standard InChI is InChI=1S/C57H111NO8/c1-3-5-7-9-11-13-15-17-18-19-20-21-22-23-24-25-26-27-28-29-30-31-32-33-34-35-37-39-41-43-45-47-53(61)58-50(49-65-57-56(64)55(63)54(62)52(48-59)66-57)51(60)46-44-42-40-38-36-16-14-12-10-8-6-4-2/h23-24,50-52,54-57,59-60,62-64H,3-22,25-49H2,1-2H3,(H,58,61)/b24-23-. The molecule has 1 heterocycles. The van der Waals surface area contributed by atoms with E-state index in [1.54, 1.807) is 0 Å². The van der Waals surface area contributed by atoms with Gasteiger partial charge in [-0.2, -0.15) is 0 Å².